The number of carbonyl (C=O) groups excluding carboxylic acids is 2. The predicted molar refractivity (Wildman–Crippen MR) is 167 cm³/mol. The zero-order valence-corrected chi connectivity index (χ0v) is 24.9. The minimum Gasteiger partial charge on any atom is -0.462 e. The lowest BCUT2D eigenvalue weighted by Crippen LogP contribution is -2.48. The van der Waals surface area contributed by atoms with Gasteiger partial charge in [-0.15, -0.1) is 6.58 Å². The molecule has 1 aliphatic rings. The number of anilines is 1. The minimum absolute atomic E-state index is 0.291. The van der Waals surface area contributed by atoms with E-state index in [9.17, 15) is 9.59 Å². The summed E-state index contributed by atoms with van der Waals surface area (Å²) >= 11 is 0. The van der Waals surface area contributed by atoms with E-state index in [1.54, 1.807) is 24.3 Å². The number of hydrogen-bond donors (Lipinski definition) is 0. The summed E-state index contributed by atoms with van der Waals surface area (Å²) in [6.07, 6.45) is 15.2. The molecule has 0 unspecified atom stereocenters. The van der Waals surface area contributed by atoms with E-state index in [-0.39, 0.29) is 5.97 Å². The quantitative estimate of drug-likeness (QED) is 0.0790. The van der Waals surface area contributed by atoms with Crippen molar-refractivity contribution < 1.29 is 14.3 Å². The number of piperazine rings is 1. The largest absolute Gasteiger partial charge is 0.462 e. The van der Waals surface area contributed by atoms with Crippen LogP contribution in [0.4, 0.5) is 17.1 Å². The average Bonchev–Trinajstić information content (AvgIpc) is 3.01. The molecule has 0 N–H and O–H groups in total. The average molecular weight is 561 g/mol. The summed E-state index contributed by atoms with van der Waals surface area (Å²) < 4.78 is 5.34. The van der Waals surface area contributed by atoms with E-state index in [0.717, 1.165) is 82.5 Å². The van der Waals surface area contributed by atoms with Crippen LogP contribution in [-0.4, -0.2) is 49.6 Å². The van der Waals surface area contributed by atoms with Gasteiger partial charge in [0.25, 0.3) is 0 Å². The highest BCUT2D eigenvalue weighted by molar-refractivity contribution is 5.89. The Balaban J connectivity index is 1.35. The molecule has 1 fully saturated rings. The molecule has 1 saturated heterocycles. The predicted octanol–water partition coefficient (Wildman–Crippen LogP) is 8.79. The molecule has 2 aromatic rings. The topological polar surface area (TPSA) is 74.6 Å². The van der Waals surface area contributed by atoms with Gasteiger partial charge in [-0.1, -0.05) is 57.9 Å². The van der Waals surface area contributed by atoms with E-state index < -0.39 is 0 Å². The maximum atomic E-state index is 12.6. The Hall–Kier alpha value is -3.48. The normalized spacial score (nSPS) is 13.5. The van der Waals surface area contributed by atoms with Gasteiger partial charge < -0.3 is 14.5 Å². The smallest absolute Gasteiger partial charge is 0.338 e. The Morgan fingerprint density at radius 2 is 1.37 bits per heavy atom. The number of nitrogens with zero attached hydrogens (tertiary/aromatic N) is 4. The molecule has 0 spiro atoms. The highest BCUT2D eigenvalue weighted by Gasteiger charge is 2.20. The lowest BCUT2D eigenvalue weighted by molar-refractivity contribution is -0.131. The molecular weight excluding hydrogens is 512 g/mol. The fourth-order valence-corrected chi connectivity index (χ4v) is 4.93. The maximum absolute atomic E-state index is 12.6. The van der Waals surface area contributed by atoms with Crippen molar-refractivity contribution in [2.75, 3.05) is 37.7 Å². The number of esters is 1. The fraction of sp³-hybridized carbons (Fsp3) is 0.529. The Morgan fingerprint density at radius 1 is 0.780 bits per heavy atom. The van der Waals surface area contributed by atoms with Crippen molar-refractivity contribution >= 4 is 28.9 Å². The lowest BCUT2D eigenvalue weighted by Gasteiger charge is -2.36. The number of azo groups is 1. The van der Waals surface area contributed by atoms with Crippen molar-refractivity contribution in [2.45, 2.75) is 84.0 Å². The van der Waals surface area contributed by atoms with Crippen molar-refractivity contribution in [3.63, 3.8) is 0 Å². The van der Waals surface area contributed by atoms with Crippen molar-refractivity contribution in [1.82, 2.24) is 4.90 Å². The third kappa shape index (κ3) is 11.9. The van der Waals surface area contributed by atoms with Gasteiger partial charge in [0.05, 0.1) is 23.5 Å². The Labute approximate surface area is 246 Å². The molecule has 1 heterocycles. The molecular formula is C34H48N4O3. The first-order valence-electron chi connectivity index (χ1n) is 15.5. The first kappa shape index (κ1) is 32.0. The van der Waals surface area contributed by atoms with Crippen LogP contribution in [0.2, 0.25) is 0 Å². The SMILES string of the molecule is C=CCCCCCCCCC(=O)N1CCN(c2ccc(N=Nc3ccc(C(=O)OCCCCCC)cc3)cc2)CC1. The summed E-state index contributed by atoms with van der Waals surface area (Å²) in [6.45, 7) is 9.59. The summed E-state index contributed by atoms with van der Waals surface area (Å²) in [5, 5.41) is 8.65. The molecule has 7 heteroatoms. The Bertz CT molecular complexity index is 1070. The van der Waals surface area contributed by atoms with Crippen LogP contribution in [-0.2, 0) is 9.53 Å². The fourth-order valence-electron chi connectivity index (χ4n) is 4.93. The van der Waals surface area contributed by atoms with Gasteiger partial charge in [-0.3, -0.25) is 4.79 Å². The molecule has 0 atom stereocenters. The summed E-state index contributed by atoms with van der Waals surface area (Å²) in [7, 11) is 0. The molecule has 2 aromatic carbocycles. The molecule has 1 amide bonds. The molecule has 0 aliphatic carbocycles. The standard InChI is InChI=1S/C34H48N4O3/c1-3-5-7-9-10-11-12-13-15-33(39)38-26-24-37(25-27-38)32-22-20-31(21-23-32)36-35-30-18-16-29(17-19-30)34(40)41-28-14-8-6-4-2/h3,16-23H,1,4-15,24-28H2,2H3. The van der Waals surface area contributed by atoms with E-state index in [1.807, 2.05) is 23.1 Å². The summed E-state index contributed by atoms with van der Waals surface area (Å²) in [4.78, 5) is 29.1. The molecule has 7 nitrogen and oxygen atoms in total. The molecule has 1 aliphatic heterocycles. The van der Waals surface area contributed by atoms with Crippen molar-refractivity contribution in [2.24, 2.45) is 10.2 Å². The maximum Gasteiger partial charge on any atom is 0.338 e. The summed E-state index contributed by atoms with van der Waals surface area (Å²) in [5.74, 6) is -0.00814. The van der Waals surface area contributed by atoms with Crippen LogP contribution in [0.3, 0.4) is 0 Å². The number of unbranched alkanes of at least 4 members (excludes halogenated alkanes) is 9. The zero-order chi connectivity index (χ0) is 29.1. The molecule has 0 aromatic heterocycles. The Kier molecular flexibility index (Phi) is 14.7. The molecule has 0 bridgehead atoms. The van der Waals surface area contributed by atoms with Gasteiger partial charge in [-0.25, -0.2) is 4.79 Å². The third-order valence-corrected chi connectivity index (χ3v) is 7.51. The third-order valence-electron chi connectivity index (χ3n) is 7.51. The van der Waals surface area contributed by atoms with Crippen molar-refractivity contribution in [3.05, 3.63) is 66.7 Å². The van der Waals surface area contributed by atoms with Gasteiger partial charge in [-0.05, 0) is 74.2 Å². The van der Waals surface area contributed by atoms with Gasteiger partial charge in [-0.2, -0.15) is 10.2 Å². The highest BCUT2D eigenvalue weighted by Crippen LogP contribution is 2.24. The van der Waals surface area contributed by atoms with Crippen LogP contribution in [0.25, 0.3) is 0 Å². The van der Waals surface area contributed by atoms with Crippen molar-refractivity contribution in [1.29, 1.82) is 0 Å². The number of allylic oxidation sites excluding steroid dienone is 1. The van der Waals surface area contributed by atoms with Crippen LogP contribution in [0.5, 0.6) is 0 Å². The molecule has 3 rings (SSSR count). The molecule has 0 saturated carbocycles. The molecule has 0 radical (unpaired) electrons. The summed E-state index contributed by atoms with van der Waals surface area (Å²) in [6, 6.07) is 15.0. The van der Waals surface area contributed by atoms with E-state index in [4.69, 9.17) is 4.74 Å². The lowest BCUT2D eigenvalue weighted by atomic mass is 10.1. The minimum atomic E-state index is -0.299. The molecule has 41 heavy (non-hydrogen) atoms. The zero-order valence-electron chi connectivity index (χ0n) is 24.9. The van der Waals surface area contributed by atoms with Crippen LogP contribution in [0, 0.1) is 0 Å². The van der Waals surface area contributed by atoms with Crippen LogP contribution < -0.4 is 4.90 Å². The number of hydrogen-bond acceptors (Lipinski definition) is 6. The van der Waals surface area contributed by atoms with E-state index >= 15 is 0 Å². The second kappa shape index (κ2) is 18.8. The van der Waals surface area contributed by atoms with Gasteiger partial charge in [0, 0.05) is 38.3 Å². The second-order valence-corrected chi connectivity index (χ2v) is 10.8. The molecule has 222 valence electrons. The van der Waals surface area contributed by atoms with Crippen molar-refractivity contribution in [3.8, 4) is 0 Å². The number of ether oxygens (including phenoxy) is 1. The second-order valence-electron chi connectivity index (χ2n) is 10.8. The van der Waals surface area contributed by atoms with Gasteiger partial charge in [0.2, 0.25) is 5.91 Å². The number of amides is 1. The van der Waals surface area contributed by atoms with Gasteiger partial charge >= 0.3 is 5.97 Å². The van der Waals surface area contributed by atoms with Crippen LogP contribution in [0.15, 0.2) is 71.4 Å². The van der Waals surface area contributed by atoms with E-state index in [0.29, 0.717) is 30.2 Å². The van der Waals surface area contributed by atoms with Crippen LogP contribution >= 0.6 is 0 Å². The first-order valence-corrected chi connectivity index (χ1v) is 15.5. The van der Waals surface area contributed by atoms with Gasteiger partial charge in [0.15, 0.2) is 0 Å². The first-order chi connectivity index (χ1) is 20.1. The number of rotatable bonds is 18. The highest BCUT2D eigenvalue weighted by atomic mass is 16.5. The van der Waals surface area contributed by atoms with Gasteiger partial charge in [0.1, 0.15) is 0 Å². The number of benzene rings is 2. The summed E-state index contributed by atoms with van der Waals surface area (Å²) in [5.41, 5.74) is 3.10. The van der Waals surface area contributed by atoms with E-state index in [1.165, 1.54) is 25.7 Å². The monoisotopic (exact) mass is 560 g/mol. The van der Waals surface area contributed by atoms with Crippen LogP contribution in [0.1, 0.15) is 94.3 Å². The van der Waals surface area contributed by atoms with E-state index in [2.05, 4.69) is 40.8 Å². The Morgan fingerprint density at radius 3 is 2.00 bits per heavy atom. The number of carbonyl (C=O) groups is 2.